The molecule has 12 heteroatoms. The van der Waals surface area contributed by atoms with Crippen molar-refractivity contribution in [2.24, 2.45) is 4.99 Å². The summed E-state index contributed by atoms with van der Waals surface area (Å²) in [5, 5.41) is 11.0. The van der Waals surface area contributed by atoms with E-state index in [1.807, 2.05) is 45.8 Å². The van der Waals surface area contributed by atoms with Crippen molar-refractivity contribution < 1.29 is 9.53 Å². The van der Waals surface area contributed by atoms with E-state index < -0.39 is 5.60 Å². The summed E-state index contributed by atoms with van der Waals surface area (Å²) in [6.45, 7) is 11.9. The number of hydrogen-bond acceptors (Lipinski definition) is 10. The van der Waals surface area contributed by atoms with E-state index in [1.165, 1.54) is 16.4 Å². The highest BCUT2D eigenvalue weighted by atomic mass is 32.1. The molecule has 228 valence electrons. The molecule has 43 heavy (non-hydrogen) atoms. The zero-order valence-corrected chi connectivity index (χ0v) is 27.7. The largest absolute Gasteiger partial charge is 0.444 e. The molecule has 4 heterocycles. The molecule has 1 saturated heterocycles. The second kappa shape index (κ2) is 12.2. The van der Waals surface area contributed by atoms with Gasteiger partial charge in [-0.25, -0.2) is 19.8 Å². The van der Waals surface area contributed by atoms with E-state index in [0.717, 1.165) is 59.1 Å². The summed E-state index contributed by atoms with van der Waals surface area (Å²) < 4.78 is 10.5. The molecule has 0 spiro atoms. The van der Waals surface area contributed by atoms with Crippen molar-refractivity contribution in [1.82, 2.24) is 24.1 Å². The molecule has 1 amide bonds. The van der Waals surface area contributed by atoms with Crippen LogP contribution in [0.25, 0.3) is 11.4 Å². The van der Waals surface area contributed by atoms with Gasteiger partial charge in [0, 0.05) is 61.1 Å². The molecule has 1 fully saturated rings. The second-order valence-electron chi connectivity index (χ2n) is 12.7. The van der Waals surface area contributed by atoms with E-state index in [-0.39, 0.29) is 17.6 Å². The zero-order valence-electron chi connectivity index (χ0n) is 26.0. The number of aromatic nitrogens is 3. The first kappa shape index (κ1) is 30.9. The lowest BCUT2D eigenvalue weighted by Crippen LogP contribution is -2.43. The molecule has 1 aliphatic heterocycles. The highest BCUT2D eigenvalue weighted by Gasteiger charge is 2.40. The van der Waals surface area contributed by atoms with Crippen LogP contribution in [0.3, 0.4) is 0 Å². The first-order valence-corrected chi connectivity index (χ1v) is 16.3. The molecule has 0 bridgehead atoms. The molecule has 1 aliphatic carbocycles. The highest BCUT2D eigenvalue weighted by molar-refractivity contribution is 7.16. The van der Waals surface area contributed by atoms with Crippen molar-refractivity contribution in [1.29, 1.82) is 5.26 Å². The van der Waals surface area contributed by atoms with Gasteiger partial charge in [-0.15, -0.1) is 11.3 Å². The normalized spacial score (nSPS) is 20.9. The first-order valence-electron chi connectivity index (χ1n) is 14.7. The molecule has 0 saturated carbocycles. The molecule has 2 atom stereocenters. The number of nitriles is 1. The predicted octanol–water partition coefficient (Wildman–Crippen LogP) is 6.23. The Labute approximate surface area is 262 Å². The number of thiophene rings is 1. The Kier molecular flexibility index (Phi) is 8.77. The lowest BCUT2D eigenvalue weighted by atomic mass is 9.71. The lowest BCUT2D eigenvalue weighted by Gasteiger charge is -2.33. The number of amides is 1. The number of anilines is 1. The van der Waals surface area contributed by atoms with Gasteiger partial charge in [0.05, 0.1) is 17.6 Å². The van der Waals surface area contributed by atoms with Crippen molar-refractivity contribution >= 4 is 46.3 Å². The Bertz CT molecular complexity index is 1550. The van der Waals surface area contributed by atoms with E-state index in [9.17, 15) is 10.1 Å². The minimum Gasteiger partial charge on any atom is -0.444 e. The van der Waals surface area contributed by atoms with Crippen LogP contribution in [0.15, 0.2) is 23.3 Å². The van der Waals surface area contributed by atoms with Crippen LogP contribution in [0.1, 0.15) is 74.8 Å². The van der Waals surface area contributed by atoms with Crippen molar-refractivity contribution in [3.8, 4) is 17.5 Å². The number of ether oxygens (including phenoxy) is 1. The van der Waals surface area contributed by atoms with Gasteiger partial charge in [-0.3, -0.25) is 0 Å². The number of aliphatic imine (C=N–C) groups is 1. The monoisotopic (exact) mass is 620 g/mol. The summed E-state index contributed by atoms with van der Waals surface area (Å²) in [6, 6.07) is 6.51. The van der Waals surface area contributed by atoms with Crippen LogP contribution in [0.2, 0.25) is 0 Å². The van der Waals surface area contributed by atoms with Crippen molar-refractivity contribution in [3.63, 3.8) is 0 Å². The van der Waals surface area contributed by atoms with Gasteiger partial charge in [-0.05, 0) is 82.6 Å². The topological polar surface area (TPSA) is 111 Å². The fourth-order valence-electron chi connectivity index (χ4n) is 5.80. The fourth-order valence-corrected chi connectivity index (χ4v) is 7.97. The van der Waals surface area contributed by atoms with Gasteiger partial charge in [-0.2, -0.15) is 9.64 Å². The van der Waals surface area contributed by atoms with Crippen LogP contribution < -0.4 is 4.90 Å². The van der Waals surface area contributed by atoms with Gasteiger partial charge in [0.2, 0.25) is 5.95 Å². The minimum absolute atomic E-state index is 0.0168. The van der Waals surface area contributed by atoms with E-state index in [1.54, 1.807) is 28.8 Å². The van der Waals surface area contributed by atoms with Gasteiger partial charge in [0.1, 0.15) is 22.4 Å². The maximum Gasteiger partial charge on any atom is 0.410 e. The summed E-state index contributed by atoms with van der Waals surface area (Å²) in [6.07, 6.45) is 6.99. The summed E-state index contributed by atoms with van der Waals surface area (Å²) >= 11 is 3.11. The maximum atomic E-state index is 12.8. The van der Waals surface area contributed by atoms with Crippen LogP contribution >= 0.6 is 22.9 Å². The van der Waals surface area contributed by atoms with Gasteiger partial charge in [0.25, 0.3) is 0 Å². The van der Waals surface area contributed by atoms with Gasteiger partial charge < -0.3 is 19.4 Å². The summed E-state index contributed by atoms with van der Waals surface area (Å²) in [4.78, 5) is 35.1. The average molecular weight is 621 g/mol. The third-order valence-corrected chi connectivity index (χ3v) is 10.0. The number of aryl methyl sites for hydroxylation is 1. The number of carbonyl (C=O) groups excluding carboxylic acids is 1. The predicted molar refractivity (Wildman–Crippen MR) is 173 cm³/mol. The number of carbonyl (C=O) groups is 1. The Morgan fingerprint density at radius 3 is 2.79 bits per heavy atom. The number of hydrogen-bond donors (Lipinski definition) is 0. The highest BCUT2D eigenvalue weighted by Crippen LogP contribution is 2.51. The molecule has 3 aromatic heterocycles. The van der Waals surface area contributed by atoms with Crippen LogP contribution in [0.4, 0.5) is 15.7 Å². The summed E-state index contributed by atoms with van der Waals surface area (Å²) in [5.41, 5.74) is 2.48. The van der Waals surface area contributed by atoms with E-state index in [0.29, 0.717) is 24.6 Å². The molecular formula is C31H40N8O2S2. The summed E-state index contributed by atoms with van der Waals surface area (Å²) in [5.74, 6) is 0.629. The van der Waals surface area contributed by atoms with Crippen LogP contribution in [0, 0.1) is 11.3 Å². The minimum atomic E-state index is -0.533. The molecule has 0 N–H and O–H groups in total. The quantitative estimate of drug-likeness (QED) is 0.244. The van der Waals surface area contributed by atoms with E-state index >= 15 is 0 Å². The third kappa shape index (κ3) is 6.53. The van der Waals surface area contributed by atoms with E-state index in [2.05, 4.69) is 40.9 Å². The molecule has 0 unspecified atom stereocenters. The van der Waals surface area contributed by atoms with Gasteiger partial charge >= 0.3 is 6.09 Å². The SMILES string of the molecule is C[C@H]1CN(C(=O)OC(C)(C)C)CCCN1c1nccc(-c2cc([C@@]3(C)CCCc4sc(/N=C/N(C)C)c(C#N)c43)sn2)n1. The Morgan fingerprint density at radius 2 is 2.07 bits per heavy atom. The molecule has 0 radical (unpaired) electrons. The second-order valence-corrected chi connectivity index (χ2v) is 14.6. The number of rotatable bonds is 5. The molecule has 3 aromatic rings. The fraction of sp³-hybridized carbons (Fsp3) is 0.548. The van der Waals surface area contributed by atoms with Crippen molar-refractivity contribution in [2.45, 2.75) is 77.4 Å². The zero-order chi connectivity index (χ0) is 30.9. The molecule has 0 aromatic carbocycles. The van der Waals surface area contributed by atoms with Gasteiger partial charge in [0.15, 0.2) is 0 Å². The first-order chi connectivity index (χ1) is 20.4. The third-order valence-electron chi connectivity index (χ3n) is 7.82. The Morgan fingerprint density at radius 1 is 1.28 bits per heavy atom. The Hall–Kier alpha value is -3.56. The summed E-state index contributed by atoms with van der Waals surface area (Å²) in [7, 11) is 3.85. The van der Waals surface area contributed by atoms with Crippen molar-refractivity contribution in [3.05, 3.63) is 39.2 Å². The average Bonchev–Trinajstić information content (AvgIpc) is 3.54. The molecule has 5 rings (SSSR count). The van der Waals surface area contributed by atoms with Crippen LogP contribution in [0.5, 0.6) is 0 Å². The molecular weight excluding hydrogens is 581 g/mol. The van der Waals surface area contributed by atoms with Crippen LogP contribution in [-0.4, -0.2) is 81.9 Å². The molecule has 10 nitrogen and oxygen atoms in total. The van der Waals surface area contributed by atoms with E-state index in [4.69, 9.17) is 14.1 Å². The van der Waals surface area contributed by atoms with Crippen molar-refractivity contribution in [2.75, 3.05) is 38.6 Å². The van der Waals surface area contributed by atoms with Gasteiger partial charge in [-0.1, -0.05) is 6.92 Å². The maximum absolute atomic E-state index is 12.8. The molecule has 2 aliphatic rings. The number of nitrogens with zero attached hydrogens (tertiary/aromatic N) is 8. The van der Waals surface area contributed by atoms with Crippen LogP contribution in [-0.2, 0) is 16.6 Å². The smallest absolute Gasteiger partial charge is 0.410 e. The standard InChI is InChI=1S/C31H40N8O2S2/c1-20-18-38(29(40)41-30(2,3)4)14-9-15-39(20)28-33-13-11-22(35-28)23-16-25(43-36-23)31(5)12-8-10-24-26(31)21(17-32)27(42-24)34-19-37(6)7/h11,13,16,19-20H,8-10,12,14-15,18H2,1-7H3/b34-19+/t20-,31+/m0/s1. The Balaban J connectivity index is 1.40. The number of fused-ring (bicyclic) bond motifs is 1. The lowest BCUT2D eigenvalue weighted by molar-refractivity contribution is 0.0251.